The Morgan fingerprint density at radius 3 is 2.80 bits per heavy atom. The number of nitrogens with one attached hydrogen (secondary N) is 2. The third-order valence-electron chi connectivity index (χ3n) is 3.00. The first-order chi connectivity index (χ1) is 7.15. The second-order valence-corrected chi connectivity index (χ2v) is 4.58. The fourth-order valence-electron chi connectivity index (χ4n) is 1.80. The number of aliphatic hydroxyl groups excluding tert-OH is 1. The van der Waals surface area contributed by atoms with E-state index in [-0.39, 0.29) is 30.4 Å². The average Bonchev–Trinajstić information content (AvgIpc) is 2.26. The van der Waals surface area contributed by atoms with Gasteiger partial charge in [-0.3, -0.25) is 4.79 Å². The summed E-state index contributed by atoms with van der Waals surface area (Å²) in [6.45, 7) is 5.80. The SMILES string of the molecule is CC(C)C(CO)NC(=O)[C@@H]1CCCNC1. The lowest BCUT2D eigenvalue weighted by molar-refractivity contribution is -0.126. The number of aliphatic hydroxyl groups is 1. The molecule has 3 N–H and O–H groups in total. The van der Waals surface area contributed by atoms with Crippen LogP contribution in [0.3, 0.4) is 0 Å². The lowest BCUT2D eigenvalue weighted by Gasteiger charge is -2.26. The van der Waals surface area contributed by atoms with Crippen LogP contribution in [-0.2, 0) is 4.79 Å². The minimum absolute atomic E-state index is 0.0174. The van der Waals surface area contributed by atoms with Gasteiger partial charge < -0.3 is 15.7 Å². The summed E-state index contributed by atoms with van der Waals surface area (Å²) in [6, 6.07) is -0.112. The molecule has 4 nitrogen and oxygen atoms in total. The van der Waals surface area contributed by atoms with Gasteiger partial charge in [-0.15, -0.1) is 0 Å². The van der Waals surface area contributed by atoms with E-state index in [4.69, 9.17) is 5.11 Å². The maximum Gasteiger partial charge on any atom is 0.224 e. The molecule has 1 rings (SSSR count). The van der Waals surface area contributed by atoms with E-state index in [1.807, 2.05) is 13.8 Å². The quantitative estimate of drug-likeness (QED) is 0.623. The molecule has 0 aromatic carbocycles. The molecular weight excluding hydrogens is 192 g/mol. The largest absolute Gasteiger partial charge is 0.394 e. The Morgan fingerprint density at radius 2 is 2.33 bits per heavy atom. The van der Waals surface area contributed by atoms with Gasteiger partial charge in [0.15, 0.2) is 0 Å². The second-order valence-electron chi connectivity index (χ2n) is 4.58. The van der Waals surface area contributed by atoms with Crippen molar-refractivity contribution in [3.05, 3.63) is 0 Å². The minimum atomic E-state index is -0.112. The molecule has 0 aromatic heterocycles. The second kappa shape index (κ2) is 6.08. The molecule has 1 saturated heterocycles. The van der Waals surface area contributed by atoms with Crippen molar-refractivity contribution >= 4 is 5.91 Å². The summed E-state index contributed by atoms with van der Waals surface area (Å²) in [4.78, 5) is 11.8. The van der Waals surface area contributed by atoms with E-state index in [2.05, 4.69) is 10.6 Å². The van der Waals surface area contributed by atoms with Crippen LogP contribution < -0.4 is 10.6 Å². The highest BCUT2D eigenvalue weighted by atomic mass is 16.3. The molecule has 15 heavy (non-hydrogen) atoms. The Morgan fingerprint density at radius 1 is 1.60 bits per heavy atom. The van der Waals surface area contributed by atoms with Crippen LogP contribution in [0.25, 0.3) is 0 Å². The molecular formula is C11H22N2O2. The predicted molar refractivity (Wildman–Crippen MR) is 59.4 cm³/mol. The van der Waals surface area contributed by atoms with Crippen LogP contribution in [0.4, 0.5) is 0 Å². The van der Waals surface area contributed by atoms with Crippen molar-refractivity contribution in [2.75, 3.05) is 19.7 Å². The summed E-state index contributed by atoms with van der Waals surface area (Å²) in [5, 5.41) is 15.2. The van der Waals surface area contributed by atoms with Gasteiger partial charge in [0.1, 0.15) is 0 Å². The van der Waals surface area contributed by atoms with Crippen molar-refractivity contribution in [1.82, 2.24) is 10.6 Å². The van der Waals surface area contributed by atoms with Crippen molar-refractivity contribution < 1.29 is 9.90 Å². The number of hydrogen-bond acceptors (Lipinski definition) is 3. The fraction of sp³-hybridized carbons (Fsp3) is 0.909. The van der Waals surface area contributed by atoms with Gasteiger partial charge in [-0.05, 0) is 25.3 Å². The third-order valence-corrected chi connectivity index (χ3v) is 3.00. The van der Waals surface area contributed by atoms with Crippen LogP contribution in [0.15, 0.2) is 0 Å². The van der Waals surface area contributed by atoms with Crippen molar-refractivity contribution in [2.45, 2.75) is 32.7 Å². The van der Waals surface area contributed by atoms with E-state index >= 15 is 0 Å². The van der Waals surface area contributed by atoms with Crippen LogP contribution in [0.2, 0.25) is 0 Å². The molecule has 2 atom stereocenters. The van der Waals surface area contributed by atoms with E-state index < -0.39 is 0 Å². The number of carbonyl (C=O) groups is 1. The Balaban J connectivity index is 2.38. The van der Waals surface area contributed by atoms with Crippen LogP contribution in [0, 0.1) is 11.8 Å². The number of rotatable bonds is 4. The smallest absolute Gasteiger partial charge is 0.224 e. The first kappa shape index (κ1) is 12.5. The maximum absolute atomic E-state index is 11.8. The topological polar surface area (TPSA) is 61.4 Å². The number of carbonyl (C=O) groups excluding carboxylic acids is 1. The molecule has 1 amide bonds. The number of piperidine rings is 1. The van der Waals surface area contributed by atoms with Crippen molar-refractivity contribution in [1.29, 1.82) is 0 Å². The molecule has 0 saturated carbocycles. The van der Waals surface area contributed by atoms with Gasteiger partial charge in [-0.25, -0.2) is 0 Å². The molecule has 0 bridgehead atoms. The fourth-order valence-corrected chi connectivity index (χ4v) is 1.80. The lowest BCUT2D eigenvalue weighted by atomic mass is 9.97. The first-order valence-electron chi connectivity index (χ1n) is 5.77. The molecule has 0 radical (unpaired) electrons. The van der Waals surface area contributed by atoms with Gasteiger partial charge in [-0.1, -0.05) is 13.8 Å². The zero-order chi connectivity index (χ0) is 11.3. The van der Waals surface area contributed by atoms with Gasteiger partial charge in [0.2, 0.25) is 5.91 Å². The Labute approximate surface area is 91.4 Å². The summed E-state index contributed by atoms with van der Waals surface area (Å²) in [5.74, 6) is 0.428. The molecule has 4 heteroatoms. The van der Waals surface area contributed by atoms with E-state index in [9.17, 15) is 4.79 Å². The molecule has 0 aromatic rings. The summed E-state index contributed by atoms with van der Waals surface area (Å²) in [5.41, 5.74) is 0. The summed E-state index contributed by atoms with van der Waals surface area (Å²) in [7, 11) is 0. The number of hydrogen-bond donors (Lipinski definition) is 3. The minimum Gasteiger partial charge on any atom is -0.394 e. The van der Waals surface area contributed by atoms with Gasteiger partial charge >= 0.3 is 0 Å². The Kier molecular flexibility index (Phi) is 5.05. The highest BCUT2D eigenvalue weighted by Crippen LogP contribution is 2.11. The van der Waals surface area contributed by atoms with Crippen LogP contribution in [0.1, 0.15) is 26.7 Å². The van der Waals surface area contributed by atoms with Crippen LogP contribution >= 0.6 is 0 Å². The van der Waals surface area contributed by atoms with Gasteiger partial charge in [0, 0.05) is 6.54 Å². The highest BCUT2D eigenvalue weighted by molar-refractivity contribution is 5.79. The van der Waals surface area contributed by atoms with Crippen molar-refractivity contribution in [2.24, 2.45) is 11.8 Å². The zero-order valence-electron chi connectivity index (χ0n) is 9.62. The van der Waals surface area contributed by atoms with Crippen LogP contribution in [-0.4, -0.2) is 36.8 Å². The maximum atomic E-state index is 11.8. The zero-order valence-corrected chi connectivity index (χ0v) is 9.62. The van der Waals surface area contributed by atoms with Gasteiger partial charge in [-0.2, -0.15) is 0 Å². The molecule has 0 aliphatic carbocycles. The van der Waals surface area contributed by atoms with E-state index in [1.165, 1.54) is 0 Å². The average molecular weight is 214 g/mol. The standard InChI is InChI=1S/C11H22N2O2/c1-8(2)10(7-14)13-11(15)9-4-3-5-12-6-9/h8-10,12,14H,3-7H2,1-2H3,(H,13,15)/t9-,10?/m1/s1. The van der Waals surface area contributed by atoms with Crippen molar-refractivity contribution in [3.8, 4) is 0 Å². The normalized spacial score (nSPS) is 23.9. The number of amides is 1. The van der Waals surface area contributed by atoms with Gasteiger partial charge in [0.25, 0.3) is 0 Å². The van der Waals surface area contributed by atoms with E-state index in [0.29, 0.717) is 0 Å². The van der Waals surface area contributed by atoms with Gasteiger partial charge in [0.05, 0.1) is 18.6 Å². The molecule has 1 aliphatic rings. The highest BCUT2D eigenvalue weighted by Gasteiger charge is 2.23. The summed E-state index contributed by atoms with van der Waals surface area (Å²) in [6.07, 6.45) is 2.01. The Bertz CT molecular complexity index is 201. The molecule has 88 valence electrons. The summed E-state index contributed by atoms with van der Waals surface area (Å²) >= 11 is 0. The summed E-state index contributed by atoms with van der Waals surface area (Å²) < 4.78 is 0. The molecule has 1 heterocycles. The van der Waals surface area contributed by atoms with E-state index in [1.54, 1.807) is 0 Å². The third kappa shape index (κ3) is 3.80. The van der Waals surface area contributed by atoms with E-state index in [0.717, 1.165) is 25.9 Å². The van der Waals surface area contributed by atoms with Crippen LogP contribution in [0.5, 0.6) is 0 Å². The molecule has 1 unspecified atom stereocenters. The monoisotopic (exact) mass is 214 g/mol. The molecule has 1 aliphatic heterocycles. The lowest BCUT2D eigenvalue weighted by Crippen LogP contribution is -2.47. The molecule has 1 fully saturated rings. The molecule has 0 spiro atoms. The Hall–Kier alpha value is -0.610. The van der Waals surface area contributed by atoms with Crippen molar-refractivity contribution in [3.63, 3.8) is 0 Å². The first-order valence-corrected chi connectivity index (χ1v) is 5.77. The predicted octanol–water partition coefficient (Wildman–Crippen LogP) is 0.119.